The van der Waals surface area contributed by atoms with Crippen molar-refractivity contribution in [1.29, 1.82) is 0 Å². The summed E-state index contributed by atoms with van der Waals surface area (Å²) in [6.45, 7) is 11.4. The van der Waals surface area contributed by atoms with Gasteiger partial charge in [0, 0.05) is 30.3 Å². The van der Waals surface area contributed by atoms with Gasteiger partial charge in [0.15, 0.2) is 0 Å². The van der Waals surface area contributed by atoms with E-state index in [0.29, 0.717) is 25.9 Å². The van der Waals surface area contributed by atoms with Gasteiger partial charge in [-0.25, -0.2) is 0 Å². The Bertz CT molecular complexity index is 886. The van der Waals surface area contributed by atoms with Crippen LogP contribution in [0, 0.1) is 40.5 Å². The Morgan fingerprint density at radius 3 is 2.04 bits per heavy atom. The smallest absolute Gasteiger partial charge is 0.253 e. The molecule has 148 valence electrons. The van der Waals surface area contributed by atoms with Crippen molar-refractivity contribution in [2.45, 2.75) is 47.5 Å². The molecule has 2 aromatic rings. The summed E-state index contributed by atoms with van der Waals surface area (Å²) in [5.41, 5.74) is 7.35. The van der Waals surface area contributed by atoms with Crippen LogP contribution in [0.3, 0.4) is 0 Å². The minimum Gasteiger partial charge on any atom is -0.339 e. The summed E-state index contributed by atoms with van der Waals surface area (Å²) < 4.78 is 0. The van der Waals surface area contributed by atoms with Crippen LogP contribution >= 0.6 is 0 Å². The summed E-state index contributed by atoms with van der Waals surface area (Å²) in [5, 5.41) is 3.12. The highest BCUT2D eigenvalue weighted by atomic mass is 16.2. The van der Waals surface area contributed by atoms with Crippen molar-refractivity contribution in [2.24, 2.45) is 5.92 Å². The maximum absolute atomic E-state index is 12.8. The van der Waals surface area contributed by atoms with Gasteiger partial charge in [0.2, 0.25) is 5.91 Å². The summed E-state index contributed by atoms with van der Waals surface area (Å²) in [6.07, 6.45) is 1.40. The second-order valence-electron chi connectivity index (χ2n) is 8.13. The maximum atomic E-state index is 12.8. The summed E-state index contributed by atoms with van der Waals surface area (Å²) >= 11 is 0. The lowest BCUT2D eigenvalue weighted by Crippen LogP contribution is -2.41. The minimum absolute atomic E-state index is 0.0519. The Morgan fingerprint density at radius 1 is 0.857 bits per heavy atom. The fourth-order valence-corrected chi connectivity index (χ4v) is 4.00. The summed E-state index contributed by atoms with van der Waals surface area (Å²) in [4.78, 5) is 27.4. The van der Waals surface area contributed by atoms with Crippen LogP contribution in [0.1, 0.15) is 51.0 Å². The number of hydrogen-bond acceptors (Lipinski definition) is 2. The van der Waals surface area contributed by atoms with Crippen molar-refractivity contribution in [3.05, 3.63) is 63.7 Å². The van der Waals surface area contributed by atoms with Crippen LogP contribution in [-0.2, 0) is 4.79 Å². The molecular weight excluding hydrogens is 348 g/mol. The number of nitrogens with one attached hydrogen (secondary N) is 1. The standard InChI is InChI=1S/C24H30N2O2/c1-15-12-18(4)22(19(5)13-15)25-23(27)20-8-10-26(11-9-20)24(28)21-7-6-16(2)17(3)14-21/h6-7,12-14,20H,8-11H2,1-5H3,(H,25,27). The lowest BCUT2D eigenvalue weighted by atomic mass is 9.94. The molecular formula is C24H30N2O2. The SMILES string of the molecule is Cc1cc(C)c(NC(=O)C2CCN(C(=O)c3ccc(C)c(C)c3)CC2)c(C)c1. The van der Waals surface area contributed by atoms with Gasteiger partial charge in [-0.15, -0.1) is 0 Å². The molecule has 2 aromatic carbocycles. The minimum atomic E-state index is -0.0519. The van der Waals surface area contributed by atoms with E-state index in [2.05, 4.69) is 24.4 Å². The number of rotatable bonds is 3. The van der Waals surface area contributed by atoms with E-state index in [1.807, 2.05) is 50.8 Å². The van der Waals surface area contributed by atoms with Crippen LogP contribution < -0.4 is 5.32 Å². The predicted molar refractivity (Wildman–Crippen MR) is 114 cm³/mol. The Labute approximate surface area is 167 Å². The zero-order valence-electron chi connectivity index (χ0n) is 17.6. The van der Waals surface area contributed by atoms with E-state index in [1.165, 1.54) is 11.1 Å². The van der Waals surface area contributed by atoms with Gasteiger partial charge in [0.25, 0.3) is 5.91 Å². The number of carbonyl (C=O) groups is 2. The molecule has 0 unspecified atom stereocenters. The van der Waals surface area contributed by atoms with Gasteiger partial charge in [0.05, 0.1) is 0 Å². The zero-order valence-corrected chi connectivity index (χ0v) is 17.6. The number of hydrogen-bond donors (Lipinski definition) is 1. The first-order valence-corrected chi connectivity index (χ1v) is 10.0. The van der Waals surface area contributed by atoms with Crippen LogP contribution in [-0.4, -0.2) is 29.8 Å². The van der Waals surface area contributed by atoms with Gasteiger partial charge in [0.1, 0.15) is 0 Å². The van der Waals surface area contributed by atoms with Gasteiger partial charge >= 0.3 is 0 Å². The fourth-order valence-electron chi connectivity index (χ4n) is 4.00. The largest absolute Gasteiger partial charge is 0.339 e. The topological polar surface area (TPSA) is 49.4 Å². The van der Waals surface area contributed by atoms with E-state index in [9.17, 15) is 9.59 Å². The fraction of sp³-hybridized carbons (Fsp3) is 0.417. The Morgan fingerprint density at radius 2 is 1.46 bits per heavy atom. The number of anilines is 1. The first-order chi connectivity index (χ1) is 13.3. The monoisotopic (exact) mass is 378 g/mol. The maximum Gasteiger partial charge on any atom is 0.253 e. The van der Waals surface area contributed by atoms with E-state index in [0.717, 1.165) is 27.9 Å². The molecule has 2 amide bonds. The number of likely N-dealkylation sites (tertiary alicyclic amines) is 1. The van der Waals surface area contributed by atoms with E-state index in [-0.39, 0.29) is 17.7 Å². The number of amides is 2. The number of nitrogens with zero attached hydrogens (tertiary/aromatic N) is 1. The second-order valence-corrected chi connectivity index (χ2v) is 8.13. The Kier molecular flexibility index (Phi) is 5.87. The van der Waals surface area contributed by atoms with Gasteiger partial charge in [-0.2, -0.15) is 0 Å². The molecule has 0 saturated carbocycles. The van der Waals surface area contributed by atoms with Gasteiger partial charge in [-0.3, -0.25) is 9.59 Å². The summed E-state index contributed by atoms with van der Waals surface area (Å²) in [6, 6.07) is 10.0. The number of piperidine rings is 1. The first kappa shape index (κ1) is 20.1. The lowest BCUT2D eigenvalue weighted by Gasteiger charge is -2.31. The third-order valence-electron chi connectivity index (χ3n) is 5.83. The number of carbonyl (C=O) groups excluding carboxylic acids is 2. The van der Waals surface area contributed by atoms with Crippen LogP contribution in [0.15, 0.2) is 30.3 Å². The quantitative estimate of drug-likeness (QED) is 0.840. The van der Waals surface area contributed by atoms with Crippen molar-refractivity contribution >= 4 is 17.5 Å². The molecule has 4 heteroatoms. The molecule has 28 heavy (non-hydrogen) atoms. The molecule has 1 aliphatic heterocycles. The van der Waals surface area contributed by atoms with Crippen molar-refractivity contribution in [3.63, 3.8) is 0 Å². The predicted octanol–water partition coefficient (Wildman–Crippen LogP) is 4.72. The summed E-state index contributed by atoms with van der Waals surface area (Å²) in [7, 11) is 0. The average Bonchev–Trinajstić information content (AvgIpc) is 2.66. The van der Waals surface area contributed by atoms with Gasteiger partial charge in [-0.1, -0.05) is 23.8 Å². The van der Waals surface area contributed by atoms with Crippen LogP contribution in [0.5, 0.6) is 0 Å². The molecule has 1 aliphatic rings. The molecule has 0 spiro atoms. The molecule has 1 saturated heterocycles. The second kappa shape index (κ2) is 8.17. The normalized spacial score (nSPS) is 14.8. The highest BCUT2D eigenvalue weighted by Gasteiger charge is 2.28. The molecule has 1 heterocycles. The van der Waals surface area contributed by atoms with Crippen LogP contribution in [0.25, 0.3) is 0 Å². The number of aryl methyl sites for hydroxylation is 5. The lowest BCUT2D eigenvalue weighted by molar-refractivity contribution is -0.121. The van der Waals surface area contributed by atoms with Gasteiger partial charge < -0.3 is 10.2 Å². The Balaban J connectivity index is 1.61. The molecule has 0 atom stereocenters. The van der Waals surface area contributed by atoms with Crippen LogP contribution in [0.4, 0.5) is 5.69 Å². The van der Waals surface area contributed by atoms with E-state index in [4.69, 9.17) is 0 Å². The molecule has 0 aliphatic carbocycles. The van der Waals surface area contributed by atoms with E-state index in [1.54, 1.807) is 0 Å². The third kappa shape index (κ3) is 4.27. The highest BCUT2D eigenvalue weighted by Crippen LogP contribution is 2.25. The molecule has 0 bridgehead atoms. The first-order valence-electron chi connectivity index (χ1n) is 10.0. The summed E-state index contributed by atoms with van der Waals surface area (Å²) in [5.74, 6) is 0.0735. The van der Waals surface area contributed by atoms with Crippen molar-refractivity contribution < 1.29 is 9.59 Å². The van der Waals surface area contributed by atoms with E-state index >= 15 is 0 Å². The number of benzene rings is 2. The van der Waals surface area contributed by atoms with Crippen molar-refractivity contribution in [3.8, 4) is 0 Å². The molecule has 0 aromatic heterocycles. The molecule has 0 radical (unpaired) electrons. The third-order valence-corrected chi connectivity index (χ3v) is 5.83. The molecule has 1 N–H and O–H groups in total. The van der Waals surface area contributed by atoms with Crippen molar-refractivity contribution in [1.82, 2.24) is 4.90 Å². The Hall–Kier alpha value is -2.62. The molecule has 4 nitrogen and oxygen atoms in total. The van der Waals surface area contributed by atoms with Gasteiger partial charge in [-0.05, 0) is 81.8 Å². The average molecular weight is 379 g/mol. The van der Waals surface area contributed by atoms with Crippen LogP contribution in [0.2, 0.25) is 0 Å². The van der Waals surface area contributed by atoms with E-state index < -0.39 is 0 Å². The highest BCUT2D eigenvalue weighted by molar-refractivity contribution is 5.96. The van der Waals surface area contributed by atoms with Crippen molar-refractivity contribution in [2.75, 3.05) is 18.4 Å². The zero-order chi connectivity index (χ0) is 20.4. The molecule has 3 rings (SSSR count). The molecule has 1 fully saturated rings.